The summed E-state index contributed by atoms with van der Waals surface area (Å²) in [5.41, 5.74) is -4.01. The third-order valence-electron chi connectivity index (χ3n) is 2.42. The number of amides is 1. The second kappa shape index (κ2) is 5.38. The van der Waals surface area contributed by atoms with E-state index in [-0.39, 0.29) is 0 Å². The predicted molar refractivity (Wildman–Crippen MR) is 63.5 cm³/mol. The number of halogens is 4. The number of thioether (sulfide) groups is 1. The van der Waals surface area contributed by atoms with Gasteiger partial charge in [0.25, 0.3) is 5.91 Å². The van der Waals surface area contributed by atoms with E-state index in [1.807, 2.05) is 0 Å². The number of carbonyl (C=O) groups is 1. The van der Waals surface area contributed by atoms with E-state index in [1.54, 1.807) is 11.6 Å². The molecular formula is C11H11F4NO2S. The van der Waals surface area contributed by atoms with E-state index < -0.39 is 29.2 Å². The Labute approximate surface area is 111 Å². The lowest BCUT2D eigenvalue weighted by molar-refractivity contribution is -0.242. The van der Waals surface area contributed by atoms with Crippen molar-refractivity contribution in [3.8, 4) is 0 Å². The Morgan fingerprint density at radius 2 is 1.95 bits per heavy atom. The average molecular weight is 297 g/mol. The lowest BCUT2D eigenvalue weighted by Crippen LogP contribution is -2.52. The maximum absolute atomic E-state index is 13.5. The van der Waals surface area contributed by atoms with Gasteiger partial charge >= 0.3 is 6.18 Å². The van der Waals surface area contributed by atoms with Crippen LogP contribution in [0.3, 0.4) is 0 Å². The molecule has 3 nitrogen and oxygen atoms in total. The van der Waals surface area contributed by atoms with E-state index in [2.05, 4.69) is 0 Å². The smallest absolute Gasteiger partial charge is 0.373 e. The molecule has 1 amide bonds. The first-order valence-electron chi connectivity index (χ1n) is 5.03. The molecule has 1 rings (SSSR count). The summed E-state index contributed by atoms with van der Waals surface area (Å²) in [5, 5.41) is 10.8. The molecule has 0 aromatic heterocycles. The summed E-state index contributed by atoms with van der Waals surface area (Å²) >= 11 is 1.24. The minimum absolute atomic E-state index is 0.302. The normalized spacial score (nSPS) is 14.9. The molecular weight excluding hydrogens is 286 g/mol. The van der Waals surface area contributed by atoms with Crippen molar-refractivity contribution < 1.29 is 27.5 Å². The number of aliphatic hydroxyl groups is 1. The molecule has 0 heterocycles. The van der Waals surface area contributed by atoms with Gasteiger partial charge < -0.3 is 10.4 Å². The van der Waals surface area contributed by atoms with Gasteiger partial charge in [0.1, 0.15) is 5.82 Å². The number of hydrogen-bond donors (Lipinski definition) is 2. The zero-order chi connectivity index (χ0) is 14.8. The van der Waals surface area contributed by atoms with Crippen molar-refractivity contribution in [2.24, 2.45) is 0 Å². The van der Waals surface area contributed by atoms with E-state index in [1.165, 1.54) is 17.8 Å². The molecule has 0 aliphatic heterocycles. The summed E-state index contributed by atoms with van der Waals surface area (Å²) in [6.07, 6.45) is -3.45. The summed E-state index contributed by atoms with van der Waals surface area (Å²) in [6, 6.07) is 3.64. The quantitative estimate of drug-likeness (QED) is 0.666. The third-order valence-corrected chi connectivity index (χ3v) is 3.14. The van der Waals surface area contributed by atoms with Crippen molar-refractivity contribution in [1.29, 1.82) is 0 Å². The van der Waals surface area contributed by atoms with Crippen LogP contribution in [0.2, 0.25) is 0 Å². The highest BCUT2D eigenvalue weighted by Gasteiger charge is 2.55. The minimum Gasteiger partial charge on any atom is -0.373 e. The number of rotatable bonds is 3. The minimum atomic E-state index is -5.15. The zero-order valence-electron chi connectivity index (χ0n) is 10.0. The summed E-state index contributed by atoms with van der Waals surface area (Å²) in [6.45, 7) is 0.302. The Balaban J connectivity index is 2.95. The molecule has 0 saturated carbocycles. The van der Waals surface area contributed by atoms with E-state index >= 15 is 0 Å². The van der Waals surface area contributed by atoms with E-state index in [0.717, 1.165) is 12.1 Å². The highest BCUT2D eigenvalue weighted by atomic mass is 32.2. The van der Waals surface area contributed by atoms with Gasteiger partial charge in [-0.1, -0.05) is 0 Å². The Morgan fingerprint density at radius 3 is 2.37 bits per heavy atom. The molecule has 1 aromatic rings. The molecule has 8 heteroatoms. The van der Waals surface area contributed by atoms with Crippen LogP contribution in [-0.4, -0.2) is 29.0 Å². The summed E-state index contributed by atoms with van der Waals surface area (Å²) < 4.78 is 50.7. The topological polar surface area (TPSA) is 49.3 Å². The monoisotopic (exact) mass is 297 g/mol. The molecule has 0 aliphatic rings. The van der Waals surface area contributed by atoms with E-state index in [0.29, 0.717) is 11.8 Å². The van der Waals surface area contributed by atoms with E-state index in [9.17, 15) is 22.4 Å². The number of nitrogens with one attached hydrogen (secondary N) is 1. The zero-order valence-corrected chi connectivity index (χ0v) is 10.8. The number of anilines is 1. The van der Waals surface area contributed by atoms with Gasteiger partial charge in [-0.2, -0.15) is 13.2 Å². The molecule has 0 spiro atoms. The fourth-order valence-electron chi connectivity index (χ4n) is 1.10. The first kappa shape index (κ1) is 15.8. The lowest BCUT2D eigenvalue weighted by atomic mass is 10.1. The van der Waals surface area contributed by atoms with Crippen LogP contribution < -0.4 is 5.32 Å². The van der Waals surface area contributed by atoms with Crippen molar-refractivity contribution in [2.45, 2.75) is 23.6 Å². The van der Waals surface area contributed by atoms with Gasteiger partial charge in [-0.05, 0) is 31.4 Å². The van der Waals surface area contributed by atoms with Crippen LogP contribution in [0.25, 0.3) is 0 Å². The molecule has 0 aliphatic carbocycles. The highest BCUT2D eigenvalue weighted by molar-refractivity contribution is 7.98. The van der Waals surface area contributed by atoms with Gasteiger partial charge in [0.15, 0.2) is 0 Å². The summed E-state index contributed by atoms with van der Waals surface area (Å²) in [4.78, 5) is 11.9. The standard InChI is InChI=1S/C11H11F4NO2S/c1-10(18,11(13,14)15)9(17)16-8-4-3-6(19-2)5-7(8)12/h3-5,18H,1-2H3,(H,16,17). The Morgan fingerprint density at radius 1 is 1.37 bits per heavy atom. The summed E-state index contributed by atoms with van der Waals surface area (Å²) in [5.74, 6) is -2.62. The van der Waals surface area contributed by atoms with Crippen LogP contribution in [0, 0.1) is 5.82 Å². The third kappa shape index (κ3) is 3.38. The van der Waals surface area contributed by atoms with Crippen molar-refractivity contribution in [3.63, 3.8) is 0 Å². The highest BCUT2D eigenvalue weighted by Crippen LogP contribution is 2.31. The number of hydrogen-bond acceptors (Lipinski definition) is 3. The van der Waals surface area contributed by atoms with Crippen molar-refractivity contribution in [1.82, 2.24) is 0 Å². The molecule has 19 heavy (non-hydrogen) atoms. The Hall–Kier alpha value is -1.28. The molecule has 0 fully saturated rings. The fraction of sp³-hybridized carbons (Fsp3) is 0.364. The van der Waals surface area contributed by atoms with Crippen molar-refractivity contribution in [2.75, 3.05) is 11.6 Å². The van der Waals surface area contributed by atoms with Crippen LogP contribution in [0.4, 0.5) is 23.2 Å². The maximum atomic E-state index is 13.5. The summed E-state index contributed by atoms with van der Waals surface area (Å²) in [7, 11) is 0. The largest absolute Gasteiger partial charge is 0.426 e. The first-order valence-corrected chi connectivity index (χ1v) is 6.26. The molecule has 0 saturated heterocycles. The van der Waals surface area contributed by atoms with Gasteiger partial charge in [-0.15, -0.1) is 11.8 Å². The second-order valence-electron chi connectivity index (χ2n) is 3.87. The molecule has 2 N–H and O–H groups in total. The van der Waals surface area contributed by atoms with Crippen LogP contribution >= 0.6 is 11.8 Å². The first-order chi connectivity index (χ1) is 8.59. The van der Waals surface area contributed by atoms with Crippen LogP contribution in [0.1, 0.15) is 6.92 Å². The Bertz CT molecular complexity index is 488. The Kier molecular flexibility index (Phi) is 4.46. The fourth-order valence-corrected chi connectivity index (χ4v) is 1.52. The van der Waals surface area contributed by atoms with Crippen LogP contribution in [-0.2, 0) is 4.79 Å². The predicted octanol–water partition coefficient (Wildman–Crippen LogP) is 2.80. The SMILES string of the molecule is CSc1ccc(NC(=O)C(C)(O)C(F)(F)F)c(F)c1. The van der Waals surface area contributed by atoms with Crippen LogP contribution in [0.15, 0.2) is 23.1 Å². The van der Waals surface area contributed by atoms with Crippen LogP contribution in [0.5, 0.6) is 0 Å². The molecule has 1 aromatic carbocycles. The van der Waals surface area contributed by atoms with Gasteiger partial charge in [0.05, 0.1) is 5.69 Å². The number of carbonyl (C=O) groups excluding carboxylic acids is 1. The maximum Gasteiger partial charge on any atom is 0.426 e. The molecule has 106 valence electrons. The lowest BCUT2D eigenvalue weighted by Gasteiger charge is -2.24. The molecule has 0 radical (unpaired) electrons. The van der Waals surface area contributed by atoms with Gasteiger partial charge in [0.2, 0.25) is 5.60 Å². The van der Waals surface area contributed by atoms with Gasteiger partial charge in [0, 0.05) is 4.90 Å². The van der Waals surface area contributed by atoms with Gasteiger partial charge in [-0.3, -0.25) is 4.79 Å². The number of benzene rings is 1. The van der Waals surface area contributed by atoms with Gasteiger partial charge in [-0.25, -0.2) is 4.39 Å². The van der Waals surface area contributed by atoms with E-state index in [4.69, 9.17) is 5.11 Å². The molecule has 1 atom stereocenters. The molecule has 0 bridgehead atoms. The molecule has 1 unspecified atom stereocenters. The second-order valence-corrected chi connectivity index (χ2v) is 4.75. The number of alkyl halides is 3. The van der Waals surface area contributed by atoms with Crippen molar-refractivity contribution in [3.05, 3.63) is 24.0 Å². The average Bonchev–Trinajstić information content (AvgIpc) is 2.30. The van der Waals surface area contributed by atoms with Crippen molar-refractivity contribution >= 4 is 23.4 Å².